The van der Waals surface area contributed by atoms with Gasteiger partial charge in [-0.15, -0.1) is 0 Å². The molecule has 0 aromatic rings. The molecule has 2 fully saturated rings. The molecule has 0 bridgehead atoms. The molecule has 92 valence electrons. The third kappa shape index (κ3) is 2.14. The van der Waals surface area contributed by atoms with E-state index in [-0.39, 0.29) is 24.9 Å². The first-order chi connectivity index (χ1) is 7.57. The van der Waals surface area contributed by atoms with Crippen LogP contribution >= 0.6 is 0 Å². The Hall–Kier alpha value is -0.460. The summed E-state index contributed by atoms with van der Waals surface area (Å²) in [5, 5.41) is 8.75. The highest BCUT2D eigenvalue weighted by atomic mass is 16.8. The Labute approximate surface area is 94.9 Å². The van der Waals surface area contributed by atoms with Crippen LogP contribution in [-0.2, 0) is 18.9 Å². The molecule has 16 heavy (non-hydrogen) atoms. The molecule has 0 spiro atoms. The van der Waals surface area contributed by atoms with E-state index in [9.17, 15) is 0 Å². The zero-order valence-electron chi connectivity index (χ0n) is 9.75. The summed E-state index contributed by atoms with van der Waals surface area (Å²) in [7, 11) is 1.58. The van der Waals surface area contributed by atoms with E-state index in [2.05, 4.69) is 0 Å². The molecular weight excluding hydrogens is 212 g/mol. The molecule has 2 saturated heterocycles. The molecule has 2 rings (SSSR count). The van der Waals surface area contributed by atoms with E-state index in [0.717, 1.165) is 0 Å². The third-order valence-corrected chi connectivity index (χ3v) is 2.71. The number of hydrogen-bond donors (Lipinski definition) is 1. The highest BCUT2D eigenvalue weighted by Gasteiger charge is 2.54. The number of fused-ring (bicyclic) bond motifs is 1. The van der Waals surface area contributed by atoms with E-state index in [1.165, 1.54) is 0 Å². The van der Waals surface area contributed by atoms with Crippen LogP contribution in [0.3, 0.4) is 0 Å². The van der Waals surface area contributed by atoms with Crippen LogP contribution in [0.4, 0.5) is 0 Å². The predicted octanol–water partition coefficient (Wildman–Crippen LogP) is 0.426. The number of aliphatic hydroxyl groups excluding tert-OH is 1. The first-order valence-corrected chi connectivity index (χ1v) is 5.39. The number of hydrogen-bond acceptors (Lipinski definition) is 5. The van der Waals surface area contributed by atoms with Crippen LogP contribution in [0.1, 0.15) is 13.8 Å². The van der Waals surface area contributed by atoms with Crippen LogP contribution in [0, 0.1) is 0 Å². The van der Waals surface area contributed by atoms with Gasteiger partial charge in [-0.25, -0.2) is 0 Å². The summed E-state index contributed by atoms with van der Waals surface area (Å²) in [6.45, 7) is 3.72. The molecule has 2 heterocycles. The van der Waals surface area contributed by atoms with Crippen molar-refractivity contribution in [3.8, 4) is 0 Å². The molecule has 4 atom stereocenters. The fourth-order valence-corrected chi connectivity index (χ4v) is 2.13. The standard InChI is InChI=1S/C11H18O5/c1-11(2)15-8-7(5-4-6-12)14-10(13-3)9(8)16-11/h4-5,7-10,12H,6H2,1-3H3/b5-4-/t7-,8-,9-,10-/m1/s1. The fraction of sp³-hybridized carbons (Fsp3) is 0.818. The van der Waals surface area contributed by atoms with E-state index < -0.39 is 12.1 Å². The summed E-state index contributed by atoms with van der Waals surface area (Å²) in [5.74, 6) is -0.610. The normalized spacial score (nSPS) is 41.8. The van der Waals surface area contributed by atoms with Gasteiger partial charge in [0, 0.05) is 7.11 Å². The Morgan fingerprint density at radius 1 is 1.31 bits per heavy atom. The molecule has 5 nitrogen and oxygen atoms in total. The second kappa shape index (κ2) is 4.43. The van der Waals surface area contributed by atoms with Gasteiger partial charge in [-0.1, -0.05) is 12.2 Å². The molecule has 0 radical (unpaired) electrons. The Bertz CT molecular complexity index is 276. The highest BCUT2D eigenvalue weighted by molar-refractivity contribution is 5.04. The van der Waals surface area contributed by atoms with Gasteiger partial charge in [0.25, 0.3) is 0 Å². The fourth-order valence-electron chi connectivity index (χ4n) is 2.13. The van der Waals surface area contributed by atoms with Crippen LogP contribution in [-0.4, -0.2) is 49.2 Å². The van der Waals surface area contributed by atoms with Gasteiger partial charge in [-0.2, -0.15) is 0 Å². The second-order valence-corrected chi connectivity index (χ2v) is 4.38. The van der Waals surface area contributed by atoms with Crippen molar-refractivity contribution in [1.82, 2.24) is 0 Å². The van der Waals surface area contributed by atoms with Crippen LogP contribution in [0.15, 0.2) is 12.2 Å². The van der Waals surface area contributed by atoms with Gasteiger partial charge in [0.15, 0.2) is 12.1 Å². The van der Waals surface area contributed by atoms with Crippen molar-refractivity contribution in [1.29, 1.82) is 0 Å². The van der Waals surface area contributed by atoms with Crippen LogP contribution in [0.5, 0.6) is 0 Å². The lowest BCUT2D eigenvalue weighted by molar-refractivity contribution is -0.221. The number of rotatable bonds is 3. The molecule has 0 saturated carbocycles. The van der Waals surface area contributed by atoms with Gasteiger partial charge in [0.05, 0.1) is 6.61 Å². The number of methoxy groups -OCH3 is 1. The number of aliphatic hydroxyl groups is 1. The molecule has 0 aromatic carbocycles. The molecule has 0 aliphatic carbocycles. The van der Waals surface area contributed by atoms with Crippen molar-refractivity contribution in [3.05, 3.63) is 12.2 Å². The zero-order valence-corrected chi connectivity index (χ0v) is 9.75. The summed E-state index contributed by atoms with van der Waals surface area (Å²) >= 11 is 0. The average molecular weight is 230 g/mol. The lowest BCUT2D eigenvalue weighted by atomic mass is 10.1. The molecule has 2 aliphatic heterocycles. The van der Waals surface area contributed by atoms with Crippen LogP contribution in [0.25, 0.3) is 0 Å². The molecule has 1 N–H and O–H groups in total. The highest BCUT2D eigenvalue weighted by Crippen LogP contribution is 2.39. The van der Waals surface area contributed by atoms with Gasteiger partial charge in [-0.3, -0.25) is 0 Å². The first-order valence-electron chi connectivity index (χ1n) is 5.39. The smallest absolute Gasteiger partial charge is 0.187 e. The van der Waals surface area contributed by atoms with Crippen molar-refractivity contribution in [3.63, 3.8) is 0 Å². The molecule has 0 aromatic heterocycles. The molecular formula is C11H18O5. The van der Waals surface area contributed by atoms with E-state index in [4.69, 9.17) is 24.1 Å². The molecule has 2 aliphatic rings. The monoisotopic (exact) mass is 230 g/mol. The first kappa shape index (κ1) is 12.0. The maximum absolute atomic E-state index is 8.75. The Balaban J connectivity index is 2.11. The van der Waals surface area contributed by atoms with Crippen molar-refractivity contribution < 1.29 is 24.1 Å². The maximum atomic E-state index is 8.75. The molecule has 0 unspecified atom stereocenters. The van der Waals surface area contributed by atoms with Gasteiger partial charge in [-0.05, 0) is 13.8 Å². The Kier molecular flexibility index (Phi) is 3.32. The van der Waals surface area contributed by atoms with E-state index in [1.54, 1.807) is 19.3 Å². The summed E-state index contributed by atoms with van der Waals surface area (Å²) in [6.07, 6.45) is 2.37. The Morgan fingerprint density at radius 3 is 2.62 bits per heavy atom. The predicted molar refractivity (Wildman–Crippen MR) is 55.7 cm³/mol. The topological polar surface area (TPSA) is 57.2 Å². The summed E-state index contributed by atoms with van der Waals surface area (Å²) in [6, 6.07) is 0. The number of ether oxygens (including phenoxy) is 4. The SMILES string of the molecule is CO[C@@H]1O[C@H](/C=C\CO)[C@H]2OC(C)(C)O[C@@H]12. The summed E-state index contributed by atoms with van der Waals surface area (Å²) in [5.41, 5.74) is 0. The van der Waals surface area contributed by atoms with Gasteiger partial charge in [0.2, 0.25) is 0 Å². The van der Waals surface area contributed by atoms with Crippen LogP contribution < -0.4 is 0 Å². The van der Waals surface area contributed by atoms with Gasteiger partial charge in [0.1, 0.15) is 18.3 Å². The van der Waals surface area contributed by atoms with Crippen molar-refractivity contribution in [2.45, 2.75) is 44.2 Å². The van der Waals surface area contributed by atoms with Crippen LogP contribution in [0.2, 0.25) is 0 Å². The lowest BCUT2D eigenvalue weighted by Gasteiger charge is -2.22. The molecule has 5 heteroatoms. The van der Waals surface area contributed by atoms with E-state index in [1.807, 2.05) is 13.8 Å². The summed E-state index contributed by atoms with van der Waals surface area (Å²) < 4.78 is 22.3. The molecule has 0 amide bonds. The largest absolute Gasteiger partial charge is 0.392 e. The van der Waals surface area contributed by atoms with Crippen molar-refractivity contribution in [2.24, 2.45) is 0 Å². The van der Waals surface area contributed by atoms with Crippen molar-refractivity contribution >= 4 is 0 Å². The van der Waals surface area contributed by atoms with Crippen molar-refractivity contribution in [2.75, 3.05) is 13.7 Å². The van der Waals surface area contributed by atoms with E-state index in [0.29, 0.717) is 0 Å². The second-order valence-electron chi connectivity index (χ2n) is 4.38. The average Bonchev–Trinajstić information content (AvgIpc) is 2.69. The zero-order chi connectivity index (χ0) is 11.8. The minimum atomic E-state index is -0.610. The Morgan fingerprint density at radius 2 is 2.00 bits per heavy atom. The van der Waals surface area contributed by atoms with E-state index >= 15 is 0 Å². The third-order valence-electron chi connectivity index (χ3n) is 2.71. The quantitative estimate of drug-likeness (QED) is 0.712. The van der Waals surface area contributed by atoms with Gasteiger partial charge < -0.3 is 24.1 Å². The summed E-state index contributed by atoms with van der Waals surface area (Å²) in [4.78, 5) is 0. The minimum absolute atomic E-state index is 0.0147. The maximum Gasteiger partial charge on any atom is 0.187 e. The van der Waals surface area contributed by atoms with Gasteiger partial charge >= 0.3 is 0 Å². The lowest BCUT2D eigenvalue weighted by Crippen LogP contribution is -2.30. The minimum Gasteiger partial charge on any atom is -0.392 e.